The standard InChI is InChI=1S/C18H22O3/c1-3-12-20-18-11-10-15(13-16(18)17(19)4-2)21-14-8-6-5-7-9-14/h5-11,13,17,19H,3-4,12H2,1-2H3. The lowest BCUT2D eigenvalue weighted by atomic mass is 10.1. The molecule has 1 N–H and O–H groups in total. The van der Waals surface area contributed by atoms with Crippen LogP contribution in [0.25, 0.3) is 0 Å². The molecule has 0 aliphatic carbocycles. The van der Waals surface area contributed by atoms with E-state index in [0.29, 0.717) is 18.8 Å². The van der Waals surface area contributed by atoms with Gasteiger partial charge >= 0.3 is 0 Å². The minimum Gasteiger partial charge on any atom is -0.493 e. The van der Waals surface area contributed by atoms with E-state index in [0.717, 1.165) is 23.5 Å². The molecule has 112 valence electrons. The van der Waals surface area contributed by atoms with E-state index in [1.807, 2.05) is 55.5 Å². The Balaban J connectivity index is 2.23. The van der Waals surface area contributed by atoms with Crippen LogP contribution < -0.4 is 9.47 Å². The third-order valence-corrected chi connectivity index (χ3v) is 3.17. The van der Waals surface area contributed by atoms with Crippen molar-refractivity contribution in [2.75, 3.05) is 6.61 Å². The predicted octanol–water partition coefficient (Wildman–Crippen LogP) is 4.71. The molecule has 1 atom stereocenters. The van der Waals surface area contributed by atoms with Crippen LogP contribution >= 0.6 is 0 Å². The van der Waals surface area contributed by atoms with Gasteiger partial charge in [0.1, 0.15) is 17.2 Å². The van der Waals surface area contributed by atoms with Crippen molar-refractivity contribution >= 4 is 0 Å². The maximum atomic E-state index is 10.2. The highest BCUT2D eigenvalue weighted by atomic mass is 16.5. The van der Waals surface area contributed by atoms with Crippen LogP contribution in [0.15, 0.2) is 48.5 Å². The van der Waals surface area contributed by atoms with Crippen LogP contribution in [0, 0.1) is 0 Å². The highest BCUT2D eigenvalue weighted by molar-refractivity contribution is 5.43. The Morgan fingerprint density at radius 1 is 1.00 bits per heavy atom. The van der Waals surface area contributed by atoms with E-state index in [2.05, 4.69) is 6.92 Å². The highest BCUT2D eigenvalue weighted by Crippen LogP contribution is 2.33. The summed E-state index contributed by atoms with van der Waals surface area (Å²) in [5, 5.41) is 10.2. The minimum atomic E-state index is -0.545. The van der Waals surface area contributed by atoms with Crippen LogP contribution in [0.3, 0.4) is 0 Å². The van der Waals surface area contributed by atoms with E-state index in [4.69, 9.17) is 9.47 Å². The zero-order valence-electron chi connectivity index (χ0n) is 12.6. The van der Waals surface area contributed by atoms with Crippen molar-refractivity contribution in [2.24, 2.45) is 0 Å². The van der Waals surface area contributed by atoms with Crippen molar-refractivity contribution in [1.29, 1.82) is 0 Å². The van der Waals surface area contributed by atoms with Crippen molar-refractivity contribution in [3.63, 3.8) is 0 Å². The Morgan fingerprint density at radius 3 is 2.43 bits per heavy atom. The topological polar surface area (TPSA) is 38.7 Å². The molecular formula is C18H22O3. The van der Waals surface area contributed by atoms with Crippen LogP contribution in [0.4, 0.5) is 0 Å². The first-order valence-electron chi connectivity index (χ1n) is 7.42. The van der Waals surface area contributed by atoms with Crippen LogP contribution in [0.1, 0.15) is 38.4 Å². The maximum absolute atomic E-state index is 10.2. The van der Waals surface area contributed by atoms with Crippen molar-refractivity contribution < 1.29 is 14.6 Å². The molecule has 2 rings (SSSR count). The second-order valence-corrected chi connectivity index (χ2v) is 4.89. The van der Waals surface area contributed by atoms with Crippen molar-refractivity contribution in [3.8, 4) is 17.2 Å². The number of hydrogen-bond acceptors (Lipinski definition) is 3. The molecule has 0 amide bonds. The van der Waals surface area contributed by atoms with Gasteiger partial charge in [-0.2, -0.15) is 0 Å². The first-order chi connectivity index (χ1) is 10.2. The third-order valence-electron chi connectivity index (χ3n) is 3.17. The van der Waals surface area contributed by atoms with E-state index in [1.54, 1.807) is 0 Å². The number of benzene rings is 2. The zero-order chi connectivity index (χ0) is 15.1. The van der Waals surface area contributed by atoms with Crippen LogP contribution in [-0.4, -0.2) is 11.7 Å². The van der Waals surface area contributed by atoms with Gasteiger partial charge in [-0.25, -0.2) is 0 Å². The molecule has 3 nitrogen and oxygen atoms in total. The van der Waals surface area contributed by atoms with E-state index in [-0.39, 0.29) is 0 Å². The quantitative estimate of drug-likeness (QED) is 0.801. The van der Waals surface area contributed by atoms with Gasteiger partial charge in [-0.1, -0.05) is 32.0 Å². The van der Waals surface area contributed by atoms with E-state index < -0.39 is 6.10 Å². The van der Waals surface area contributed by atoms with Crippen LogP contribution in [0.2, 0.25) is 0 Å². The monoisotopic (exact) mass is 286 g/mol. The van der Waals surface area contributed by atoms with Crippen LogP contribution in [0.5, 0.6) is 17.2 Å². The molecule has 1 unspecified atom stereocenters. The normalized spacial score (nSPS) is 12.0. The van der Waals surface area contributed by atoms with Gasteiger partial charge in [-0.05, 0) is 43.2 Å². The second-order valence-electron chi connectivity index (χ2n) is 4.89. The fourth-order valence-corrected chi connectivity index (χ4v) is 2.04. The molecule has 0 saturated heterocycles. The number of aliphatic hydroxyl groups excluding tert-OH is 1. The lowest BCUT2D eigenvalue weighted by Gasteiger charge is -2.16. The lowest BCUT2D eigenvalue weighted by Crippen LogP contribution is -2.03. The number of ether oxygens (including phenoxy) is 2. The van der Waals surface area contributed by atoms with E-state index in [1.165, 1.54) is 0 Å². The minimum absolute atomic E-state index is 0.545. The van der Waals surface area contributed by atoms with Gasteiger partial charge < -0.3 is 14.6 Å². The summed E-state index contributed by atoms with van der Waals surface area (Å²) >= 11 is 0. The largest absolute Gasteiger partial charge is 0.493 e. The fourth-order valence-electron chi connectivity index (χ4n) is 2.04. The Kier molecular flexibility index (Phi) is 5.64. The highest BCUT2D eigenvalue weighted by Gasteiger charge is 2.13. The van der Waals surface area contributed by atoms with Gasteiger partial charge in [0, 0.05) is 5.56 Å². The molecular weight excluding hydrogens is 264 g/mol. The molecule has 0 aliphatic rings. The Morgan fingerprint density at radius 2 is 1.76 bits per heavy atom. The molecule has 0 aromatic heterocycles. The second kappa shape index (κ2) is 7.70. The molecule has 0 bridgehead atoms. The summed E-state index contributed by atoms with van der Waals surface area (Å²) in [7, 11) is 0. The summed E-state index contributed by atoms with van der Waals surface area (Å²) in [6.07, 6.45) is 1.03. The fraction of sp³-hybridized carbons (Fsp3) is 0.333. The molecule has 0 saturated carbocycles. The first-order valence-corrected chi connectivity index (χ1v) is 7.42. The SMILES string of the molecule is CCCOc1ccc(Oc2ccccc2)cc1C(O)CC. The van der Waals surface area contributed by atoms with Crippen LogP contribution in [-0.2, 0) is 0 Å². The maximum Gasteiger partial charge on any atom is 0.128 e. The molecule has 0 aliphatic heterocycles. The smallest absolute Gasteiger partial charge is 0.128 e. The van der Waals surface area contributed by atoms with Gasteiger partial charge in [0.25, 0.3) is 0 Å². The number of aliphatic hydroxyl groups is 1. The molecule has 0 radical (unpaired) electrons. The number of para-hydroxylation sites is 1. The molecule has 2 aromatic carbocycles. The molecule has 0 spiro atoms. The summed E-state index contributed by atoms with van der Waals surface area (Å²) in [5.41, 5.74) is 0.777. The van der Waals surface area contributed by atoms with E-state index >= 15 is 0 Å². The summed E-state index contributed by atoms with van der Waals surface area (Å²) in [6.45, 7) is 4.64. The summed E-state index contributed by atoms with van der Waals surface area (Å²) in [4.78, 5) is 0. The van der Waals surface area contributed by atoms with Crippen molar-refractivity contribution in [1.82, 2.24) is 0 Å². The zero-order valence-corrected chi connectivity index (χ0v) is 12.6. The summed E-state index contributed by atoms with van der Waals surface area (Å²) in [5.74, 6) is 2.20. The van der Waals surface area contributed by atoms with Gasteiger partial charge in [0.05, 0.1) is 12.7 Å². The predicted molar refractivity (Wildman–Crippen MR) is 84.0 cm³/mol. The summed E-state index contributed by atoms with van der Waals surface area (Å²) in [6, 6.07) is 15.2. The van der Waals surface area contributed by atoms with E-state index in [9.17, 15) is 5.11 Å². The van der Waals surface area contributed by atoms with Gasteiger partial charge in [-0.15, -0.1) is 0 Å². The Hall–Kier alpha value is -2.00. The molecule has 3 heteroatoms. The third kappa shape index (κ3) is 4.23. The van der Waals surface area contributed by atoms with Gasteiger partial charge in [-0.3, -0.25) is 0 Å². The summed E-state index contributed by atoms with van der Waals surface area (Å²) < 4.78 is 11.5. The van der Waals surface area contributed by atoms with Gasteiger partial charge in [0.2, 0.25) is 0 Å². The van der Waals surface area contributed by atoms with Crippen molar-refractivity contribution in [3.05, 3.63) is 54.1 Å². The number of hydrogen-bond donors (Lipinski definition) is 1. The number of rotatable bonds is 7. The first kappa shape index (κ1) is 15.4. The van der Waals surface area contributed by atoms with Gasteiger partial charge in [0.15, 0.2) is 0 Å². The Labute approximate surface area is 126 Å². The van der Waals surface area contributed by atoms with Crippen molar-refractivity contribution in [2.45, 2.75) is 32.8 Å². The lowest BCUT2D eigenvalue weighted by molar-refractivity contribution is 0.166. The Bertz CT molecular complexity index is 552. The molecule has 21 heavy (non-hydrogen) atoms. The molecule has 2 aromatic rings. The average Bonchev–Trinajstić information content (AvgIpc) is 2.53. The molecule has 0 heterocycles. The molecule has 0 fully saturated rings. The average molecular weight is 286 g/mol.